The number of hydrogen-bond donors (Lipinski definition) is 0. The minimum atomic E-state index is -0.764. The van der Waals surface area contributed by atoms with Crippen molar-refractivity contribution in [3.63, 3.8) is 0 Å². The van der Waals surface area contributed by atoms with Crippen LogP contribution < -0.4 is 0 Å². The van der Waals surface area contributed by atoms with E-state index in [1.807, 2.05) is 0 Å². The summed E-state index contributed by atoms with van der Waals surface area (Å²) >= 11 is 0. The van der Waals surface area contributed by atoms with Gasteiger partial charge in [0.1, 0.15) is 0 Å². The second kappa shape index (κ2) is 2.99. The monoisotopic (exact) mass is 155 g/mol. The number of hydrogen-bond acceptors (Lipinski definition) is 0. The van der Waals surface area contributed by atoms with Crippen LogP contribution in [0.2, 0.25) is 0 Å². The zero-order chi connectivity index (χ0) is 8.43. The molecule has 59 valence electrons. The Morgan fingerprint density at radius 1 is 1.27 bits per heavy atom. The SMILES string of the molecule is [CH2]Cc1ccc(C)c(F)c1F. The summed E-state index contributed by atoms with van der Waals surface area (Å²) in [5.74, 6) is -1.52. The van der Waals surface area contributed by atoms with Crippen molar-refractivity contribution in [3.05, 3.63) is 41.8 Å². The quantitative estimate of drug-likeness (QED) is 0.584. The normalized spacial score (nSPS) is 10.2. The highest BCUT2D eigenvalue weighted by Crippen LogP contribution is 2.15. The van der Waals surface area contributed by atoms with Gasteiger partial charge in [0, 0.05) is 0 Å². The maximum atomic E-state index is 12.8. The molecule has 1 rings (SSSR count). The summed E-state index contributed by atoms with van der Waals surface area (Å²) < 4.78 is 25.6. The first kappa shape index (κ1) is 8.18. The van der Waals surface area contributed by atoms with Gasteiger partial charge in [0.15, 0.2) is 11.6 Å². The van der Waals surface area contributed by atoms with Crippen molar-refractivity contribution < 1.29 is 8.78 Å². The van der Waals surface area contributed by atoms with Crippen LogP contribution in [0.1, 0.15) is 11.1 Å². The average molecular weight is 155 g/mol. The minimum Gasteiger partial charge on any atom is -0.203 e. The lowest BCUT2D eigenvalue weighted by Crippen LogP contribution is -1.94. The van der Waals surface area contributed by atoms with Crippen molar-refractivity contribution in [3.8, 4) is 0 Å². The molecule has 0 saturated carbocycles. The smallest absolute Gasteiger partial charge is 0.162 e. The lowest BCUT2D eigenvalue weighted by molar-refractivity contribution is 0.495. The molecule has 0 aliphatic carbocycles. The van der Waals surface area contributed by atoms with Crippen molar-refractivity contribution in [1.29, 1.82) is 0 Å². The molecule has 0 saturated heterocycles. The van der Waals surface area contributed by atoms with Crippen LogP contribution >= 0.6 is 0 Å². The molecule has 1 radical (unpaired) electrons. The third kappa shape index (κ3) is 1.39. The highest BCUT2D eigenvalue weighted by atomic mass is 19.2. The van der Waals surface area contributed by atoms with Gasteiger partial charge in [-0.3, -0.25) is 0 Å². The summed E-state index contributed by atoms with van der Waals surface area (Å²) in [6.07, 6.45) is 0.281. The molecular formula is C9H9F2. The molecule has 0 aromatic heterocycles. The van der Waals surface area contributed by atoms with Gasteiger partial charge in [0.05, 0.1) is 0 Å². The maximum Gasteiger partial charge on any atom is 0.162 e. The van der Waals surface area contributed by atoms with Crippen LogP contribution in [0, 0.1) is 25.5 Å². The van der Waals surface area contributed by atoms with Crippen LogP contribution in [0.4, 0.5) is 8.78 Å². The Kier molecular flexibility index (Phi) is 2.22. The second-order valence-corrected chi connectivity index (χ2v) is 2.42. The first-order chi connectivity index (χ1) is 5.16. The van der Waals surface area contributed by atoms with Gasteiger partial charge in [0.25, 0.3) is 0 Å². The van der Waals surface area contributed by atoms with E-state index in [1.165, 1.54) is 6.92 Å². The maximum absolute atomic E-state index is 12.8. The highest BCUT2D eigenvalue weighted by Gasteiger charge is 2.08. The first-order valence-electron chi connectivity index (χ1n) is 3.39. The Morgan fingerprint density at radius 2 is 1.91 bits per heavy atom. The molecule has 11 heavy (non-hydrogen) atoms. The molecule has 0 aliphatic heterocycles. The number of benzene rings is 1. The van der Waals surface area contributed by atoms with Crippen molar-refractivity contribution in [2.24, 2.45) is 0 Å². The fraction of sp³-hybridized carbons (Fsp3) is 0.222. The average Bonchev–Trinajstić information content (AvgIpc) is 2.01. The number of aryl methyl sites for hydroxylation is 1. The van der Waals surface area contributed by atoms with E-state index in [1.54, 1.807) is 12.1 Å². The van der Waals surface area contributed by atoms with Gasteiger partial charge >= 0.3 is 0 Å². The number of halogens is 2. The first-order valence-corrected chi connectivity index (χ1v) is 3.39. The molecule has 0 aliphatic rings. The largest absolute Gasteiger partial charge is 0.203 e. The van der Waals surface area contributed by atoms with Crippen LogP contribution in [-0.4, -0.2) is 0 Å². The fourth-order valence-corrected chi connectivity index (χ4v) is 0.879. The Morgan fingerprint density at radius 3 is 2.45 bits per heavy atom. The predicted octanol–water partition coefficient (Wildman–Crippen LogP) is 2.65. The molecule has 1 aromatic carbocycles. The van der Waals surface area contributed by atoms with Gasteiger partial charge < -0.3 is 0 Å². The van der Waals surface area contributed by atoms with Crippen molar-refractivity contribution in [2.75, 3.05) is 0 Å². The Bertz CT molecular complexity index is 267. The summed E-state index contributed by atoms with van der Waals surface area (Å²) in [5.41, 5.74) is 0.660. The van der Waals surface area contributed by atoms with Gasteiger partial charge in [0.2, 0.25) is 0 Å². The molecule has 0 heterocycles. The molecule has 1 aromatic rings. The molecule has 2 heteroatoms. The van der Waals surface area contributed by atoms with Crippen LogP contribution in [0.15, 0.2) is 12.1 Å². The third-order valence-corrected chi connectivity index (χ3v) is 1.62. The van der Waals surface area contributed by atoms with Crippen LogP contribution in [-0.2, 0) is 6.42 Å². The summed E-state index contributed by atoms with van der Waals surface area (Å²) in [7, 11) is 0. The molecule has 0 nitrogen and oxygen atoms in total. The third-order valence-electron chi connectivity index (χ3n) is 1.62. The van der Waals surface area contributed by atoms with E-state index in [0.717, 1.165) is 0 Å². The van der Waals surface area contributed by atoms with E-state index < -0.39 is 11.6 Å². The van der Waals surface area contributed by atoms with Crippen LogP contribution in [0.5, 0.6) is 0 Å². The van der Waals surface area contributed by atoms with Crippen molar-refractivity contribution >= 4 is 0 Å². The zero-order valence-electron chi connectivity index (χ0n) is 6.32. The molecule has 0 fully saturated rings. The van der Waals surface area contributed by atoms with E-state index in [4.69, 9.17) is 0 Å². The highest BCUT2D eigenvalue weighted by molar-refractivity contribution is 5.25. The van der Waals surface area contributed by atoms with Crippen LogP contribution in [0.3, 0.4) is 0 Å². The Balaban J connectivity index is 3.25. The van der Waals surface area contributed by atoms with Gasteiger partial charge in [-0.25, -0.2) is 8.78 Å². The summed E-state index contributed by atoms with van der Waals surface area (Å²) in [4.78, 5) is 0. The summed E-state index contributed by atoms with van der Waals surface area (Å²) in [5, 5.41) is 0. The molecule has 0 N–H and O–H groups in total. The molecule has 0 atom stereocenters. The summed E-state index contributed by atoms with van der Waals surface area (Å²) in [6.45, 7) is 5.01. The lowest BCUT2D eigenvalue weighted by Gasteiger charge is -2.01. The molecule has 0 unspecified atom stereocenters. The van der Waals surface area contributed by atoms with E-state index in [0.29, 0.717) is 11.1 Å². The molecule has 0 amide bonds. The summed E-state index contributed by atoms with van der Waals surface area (Å²) in [6, 6.07) is 3.11. The van der Waals surface area contributed by atoms with E-state index in [2.05, 4.69) is 6.92 Å². The van der Waals surface area contributed by atoms with Crippen molar-refractivity contribution in [2.45, 2.75) is 13.3 Å². The Hall–Kier alpha value is -0.920. The van der Waals surface area contributed by atoms with Gasteiger partial charge in [-0.1, -0.05) is 12.1 Å². The fourth-order valence-electron chi connectivity index (χ4n) is 0.879. The molecular weight excluding hydrogens is 146 g/mol. The zero-order valence-corrected chi connectivity index (χ0v) is 6.32. The lowest BCUT2D eigenvalue weighted by atomic mass is 10.1. The number of rotatable bonds is 1. The standard InChI is InChI=1S/C9H9F2/c1-3-7-5-4-6(2)8(10)9(7)11/h4-5H,1,3H2,2H3. The molecule has 0 bridgehead atoms. The van der Waals surface area contributed by atoms with Crippen molar-refractivity contribution in [1.82, 2.24) is 0 Å². The second-order valence-electron chi connectivity index (χ2n) is 2.42. The van der Waals surface area contributed by atoms with Gasteiger partial charge in [-0.2, -0.15) is 0 Å². The predicted molar refractivity (Wildman–Crippen MR) is 40.2 cm³/mol. The Labute approximate surface area is 64.9 Å². The van der Waals surface area contributed by atoms with Crippen LogP contribution in [0.25, 0.3) is 0 Å². The van der Waals surface area contributed by atoms with Gasteiger partial charge in [-0.05, 0) is 31.4 Å². The van der Waals surface area contributed by atoms with Gasteiger partial charge in [-0.15, -0.1) is 0 Å². The molecule has 0 spiro atoms. The van der Waals surface area contributed by atoms with E-state index >= 15 is 0 Å². The van der Waals surface area contributed by atoms with E-state index in [-0.39, 0.29) is 6.42 Å². The topological polar surface area (TPSA) is 0 Å². The minimum absolute atomic E-state index is 0.281. The van der Waals surface area contributed by atoms with E-state index in [9.17, 15) is 8.78 Å².